The number of benzene rings is 4. The van der Waals surface area contributed by atoms with Crippen molar-refractivity contribution in [2.45, 2.75) is 6.42 Å². The number of nitrogens with zero attached hydrogens (tertiary/aromatic N) is 1. The van der Waals surface area contributed by atoms with Crippen LogP contribution in [0.1, 0.15) is 15.9 Å². The quantitative estimate of drug-likeness (QED) is 0.494. The Morgan fingerprint density at radius 3 is 2.58 bits per heavy atom. The lowest BCUT2D eigenvalue weighted by Crippen LogP contribution is -2.25. The molecule has 1 aliphatic heterocycles. The van der Waals surface area contributed by atoms with Crippen molar-refractivity contribution >= 4 is 34.0 Å². The monoisotopic (exact) mass is 408 g/mol. The topological polar surface area (TPSA) is 58.6 Å². The van der Waals surface area contributed by atoms with Gasteiger partial charge in [0.2, 0.25) is 5.91 Å². The zero-order valence-corrected chi connectivity index (χ0v) is 17.0. The first-order chi connectivity index (χ1) is 15.1. The van der Waals surface area contributed by atoms with Gasteiger partial charge in [0.1, 0.15) is 5.75 Å². The standard InChI is InChI=1S/C26H20N2O3/c1-28-22-11-4-5-12-24(22)31-23-14-13-19(16-21(23)26(28)30)27-25(29)15-18-9-6-8-17-7-2-3-10-20(17)18/h2-14,16H,15H2,1H3,(H,27,29). The molecule has 0 saturated carbocycles. The molecule has 4 aromatic carbocycles. The summed E-state index contributed by atoms with van der Waals surface area (Å²) in [6, 6.07) is 26.5. The van der Waals surface area contributed by atoms with Gasteiger partial charge in [0.25, 0.3) is 5.91 Å². The Morgan fingerprint density at radius 2 is 1.68 bits per heavy atom. The minimum Gasteiger partial charge on any atom is -0.454 e. The van der Waals surface area contributed by atoms with Crippen molar-refractivity contribution in [1.29, 1.82) is 0 Å². The van der Waals surface area contributed by atoms with E-state index < -0.39 is 0 Å². The van der Waals surface area contributed by atoms with Gasteiger partial charge in [-0.1, -0.05) is 54.6 Å². The minimum atomic E-state index is -0.190. The summed E-state index contributed by atoms with van der Waals surface area (Å²) in [4.78, 5) is 27.3. The van der Waals surface area contributed by atoms with E-state index >= 15 is 0 Å². The number of ether oxygens (including phenoxy) is 1. The van der Waals surface area contributed by atoms with E-state index in [2.05, 4.69) is 5.32 Å². The first-order valence-corrected chi connectivity index (χ1v) is 10.1. The van der Waals surface area contributed by atoms with E-state index in [1.54, 1.807) is 30.1 Å². The van der Waals surface area contributed by atoms with Crippen molar-refractivity contribution in [3.63, 3.8) is 0 Å². The van der Waals surface area contributed by atoms with Crippen LogP contribution in [-0.2, 0) is 11.2 Å². The molecule has 0 atom stereocenters. The van der Waals surface area contributed by atoms with Gasteiger partial charge in [-0.25, -0.2) is 0 Å². The SMILES string of the molecule is CN1C(=O)c2cc(NC(=O)Cc3cccc4ccccc34)ccc2Oc2ccccc21. The molecule has 152 valence electrons. The average molecular weight is 408 g/mol. The molecule has 0 unspecified atom stereocenters. The van der Waals surface area contributed by atoms with Gasteiger partial charge >= 0.3 is 0 Å². The molecule has 5 rings (SSSR count). The van der Waals surface area contributed by atoms with Crippen LogP contribution in [0.5, 0.6) is 11.5 Å². The molecule has 5 heteroatoms. The van der Waals surface area contributed by atoms with E-state index in [4.69, 9.17) is 4.74 Å². The summed E-state index contributed by atoms with van der Waals surface area (Å²) in [5, 5.41) is 5.08. The number of anilines is 2. The fraction of sp³-hybridized carbons (Fsp3) is 0.0769. The van der Waals surface area contributed by atoms with Gasteiger partial charge in [-0.2, -0.15) is 0 Å². The molecule has 1 N–H and O–H groups in total. The van der Waals surface area contributed by atoms with Crippen molar-refractivity contribution < 1.29 is 14.3 Å². The highest BCUT2D eigenvalue weighted by Crippen LogP contribution is 2.38. The lowest BCUT2D eigenvalue weighted by atomic mass is 10.0. The second kappa shape index (κ2) is 7.61. The summed E-state index contributed by atoms with van der Waals surface area (Å²) < 4.78 is 5.97. The maximum absolute atomic E-state index is 13.0. The molecule has 1 aliphatic rings. The van der Waals surface area contributed by atoms with Gasteiger partial charge in [-0.15, -0.1) is 0 Å². The Labute approximate surface area is 179 Å². The molecule has 0 bridgehead atoms. The van der Waals surface area contributed by atoms with Crippen LogP contribution in [-0.4, -0.2) is 18.9 Å². The molecular formula is C26H20N2O3. The number of fused-ring (bicyclic) bond motifs is 3. The molecule has 0 aromatic heterocycles. The van der Waals surface area contributed by atoms with Gasteiger partial charge in [-0.3, -0.25) is 9.59 Å². The summed E-state index contributed by atoms with van der Waals surface area (Å²) in [5.41, 5.74) is 2.62. The first kappa shape index (κ1) is 18.9. The number of rotatable bonds is 3. The van der Waals surface area contributed by atoms with Gasteiger partial charge in [-0.05, 0) is 46.7 Å². The highest BCUT2D eigenvalue weighted by molar-refractivity contribution is 6.10. The summed E-state index contributed by atoms with van der Waals surface area (Å²) in [7, 11) is 1.71. The number of amides is 2. The minimum absolute atomic E-state index is 0.144. The van der Waals surface area contributed by atoms with E-state index in [-0.39, 0.29) is 18.2 Å². The van der Waals surface area contributed by atoms with Crippen LogP contribution in [0.4, 0.5) is 11.4 Å². The molecule has 4 aromatic rings. The van der Waals surface area contributed by atoms with Gasteiger partial charge in [0, 0.05) is 12.7 Å². The predicted molar refractivity (Wildman–Crippen MR) is 122 cm³/mol. The molecule has 0 radical (unpaired) electrons. The summed E-state index contributed by atoms with van der Waals surface area (Å²) in [5.74, 6) is 0.749. The average Bonchev–Trinajstić information content (AvgIpc) is 2.89. The Hall–Kier alpha value is -4.12. The smallest absolute Gasteiger partial charge is 0.261 e. The Balaban J connectivity index is 1.40. The zero-order valence-electron chi connectivity index (χ0n) is 17.0. The van der Waals surface area contributed by atoms with Crippen molar-refractivity contribution in [3.8, 4) is 11.5 Å². The maximum Gasteiger partial charge on any atom is 0.261 e. The fourth-order valence-electron chi connectivity index (χ4n) is 3.92. The van der Waals surface area contributed by atoms with Crippen LogP contribution in [0, 0.1) is 0 Å². The van der Waals surface area contributed by atoms with Crippen LogP contribution in [0.3, 0.4) is 0 Å². The third kappa shape index (κ3) is 3.51. The number of carbonyl (C=O) groups excluding carboxylic acids is 2. The Morgan fingerprint density at radius 1 is 0.903 bits per heavy atom. The predicted octanol–water partition coefficient (Wildman–Crippen LogP) is 5.40. The van der Waals surface area contributed by atoms with Crippen LogP contribution in [0.2, 0.25) is 0 Å². The van der Waals surface area contributed by atoms with E-state index in [1.807, 2.05) is 66.7 Å². The summed E-state index contributed by atoms with van der Waals surface area (Å²) in [6.07, 6.45) is 0.244. The number of carbonyl (C=O) groups is 2. The van der Waals surface area contributed by atoms with E-state index in [9.17, 15) is 9.59 Å². The highest BCUT2D eigenvalue weighted by atomic mass is 16.5. The van der Waals surface area contributed by atoms with Crippen LogP contribution >= 0.6 is 0 Å². The van der Waals surface area contributed by atoms with E-state index in [0.29, 0.717) is 28.4 Å². The lowest BCUT2D eigenvalue weighted by Gasteiger charge is -2.16. The second-order valence-electron chi connectivity index (χ2n) is 7.51. The van der Waals surface area contributed by atoms with Gasteiger partial charge in [0.05, 0.1) is 17.7 Å². The highest BCUT2D eigenvalue weighted by Gasteiger charge is 2.25. The normalized spacial score (nSPS) is 12.5. The van der Waals surface area contributed by atoms with E-state index in [1.165, 1.54) is 0 Å². The molecular weight excluding hydrogens is 388 g/mol. The van der Waals surface area contributed by atoms with Crippen LogP contribution in [0.15, 0.2) is 84.9 Å². The second-order valence-corrected chi connectivity index (χ2v) is 7.51. The van der Waals surface area contributed by atoms with Gasteiger partial charge < -0.3 is 15.0 Å². The van der Waals surface area contributed by atoms with Crippen molar-refractivity contribution in [2.75, 3.05) is 17.3 Å². The van der Waals surface area contributed by atoms with Crippen molar-refractivity contribution in [3.05, 3.63) is 96.1 Å². The Bertz CT molecular complexity index is 1320. The molecule has 0 spiro atoms. The maximum atomic E-state index is 13.0. The Kier molecular flexibility index (Phi) is 4.64. The molecule has 1 heterocycles. The number of hydrogen-bond donors (Lipinski definition) is 1. The zero-order chi connectivity index (χ0) is 21.4. The number of nitrogens with one attached hydrogen (secondary N) is 1. The third-order valence-electron chi connectivity index (χ3n) is 5.48. The van der Waals surface area contributed by atoms with Crippen LogP contribution < -0.4 is 15.0 Å². The lowest BCUT2D eigenvalue weighted by molar-refractivity contribution is -0.115. The molecule has 0 aliphatic carbocycles. The van der Waals surface area contributed by atoms with Crippen LogP contribution in [0.25, 0.3) is 10.8 Å². The number of para-hydroxylation sites is 2. The summed E-state index contributed by atoms with van der Waals surface area (Å²) >= 11 is 0. The molecule has 31 heavy (non-hydrogen) atoms. The summed E-state index contributed by atoms with van der Waals surface area (Å²) in [6.45, 7) is 0. The number of hydrogen-bond acceptors (Lipinski definition) is 3. The largest absolute Gasteiger partial charge is 0.454 e. The van der Waals surface area contributed by atoms with Crippen molar-refractivity contribution in [1.82, 2.24) is 0 Å². The van der Waals surface area contributed by atoms with Crippen molar-refractivity contribution in [2.24, 2.45) is 0 Å². The van der Waals surface area contributed by atoms with E-state index in [0.717, 1.165) is 16.3 Å². The van der Waals surface area contributed by atoms with Gasteiger partial charge in [0.15, 0.2) is 5.75 Å². The fourth-order valence-corrected chi connectivity index (χ4v) is 3.92. The molecule has 5 nitrogen and oxygen atoms in total. The molecule has 2 amide bonds. The molecule has 0 fully saturated rings. The molecule has 0 saturated heterocycles. The third-order valence-corrected chi connectivity index (χ3v) is 5.48. The first-order valence-electron chi connectivity index (χ1n) is 10.1.